The molecule has 152 valence electrons. The quantitative estimate of drug-likeness (QED) is 0.498. The Bertz CT molecular complexity index is 912. The van der Waals surface area contributed by atoms with Crippen LogP contribution in [0.2, 0.25) is 0 Å². The second kappa shape index (κ2) is 8.04. The average Bonchev–Trinajstić information content (AvgIpc) is 3.15. The predicted octanol–water partition coefficient (Wildman–Crippen LogP) is 2.07. The van der Waals surface area contributed by atoms with Crippen LogP contribution in [-0.2, 0) is 0 Å². The Morgan fingerprint density at radius 3 is 1.30 bits per heavy atom. The molecule has 0 saturated heterocycles. The third kappa shape index (κ3) is 3.33. The van der Waals surface area contributed by atoms with E-state index >= 15 is 0 Å². The average molecular weight is 403 g/mol. The molecular formula is C23H21N3O4. The van der Waals surface area contributed by atoms with Gasteiger partial charge in [0.1, 0.15) is 0 Å². The van der Waals surface area contributed by atoms with E-state index in [0.717, 1.165) is 0 Å². The SMILES string of the molecule is C=CCN(CCN1C(=O)c2ccccc2C1=O)CCN1C(=O)c2ccccc2C1=O. The second-order valence-corrected chi connectivity index (χ2v) is 7.20. The van der Waals surface area contributed by atoms with Crippen LogP contribution in [0.25, 0.3) is 0 Å². The summed E-state index contributed by atoms with van der Waals surface area (Å²) in [6.45, 7) is 5.54. The molecule has 4 amide bonds. The summed E-state index contributed by atoms with van der Waals surface area (Å²) in [5, 5.41) is 0. The number of fused-ring (bicyclic) bond motifs is 2. The molecule has 2 aromatic rings. The molecule has 0 N–H and O–H groups in total. The fourth-order valence-corrected chi connectivity index (χ4v) is 3.84. The number of benzene rings is 2. The van der Waals surface area contributed by atoms with Gasteiger partial charge in [-0.3, -0.25) is 33.9 Å². The van der Waals surface area contributed by atoms with Crippen LogP contribution in [0.4, 0.5) is 0 Å². The van der Waals surface area contributed by atoms with Crippen LogP contribution < -0.4 is 0 Å². The molecular weight excluding hydrogens is 382 g/mol. The monoisotopic (exact) mass is 403 g/mol. The van der Waals surface area contributed by atoms with Gasteiger partial charge in [0.25, 0.3) is 23.6 Å². The maximum atomic E-state index is 12.5. The van der Waals surface area contributed by atoms with Crippen molar-refractivity contribution in [2.24, 2.45) is 0 Å². The first kappa shape index (κ1) is 19.7. The van der Waals surface area contributed by atoms with Crippen molar-refractivity contribution < 1.29 is 19.2 Å². The highest BCUT2D eigenvalue weighted by atomic mass is 16.2. The zero-order valence-electron chi connectivity index (χ0n) is 16.4. The smallest absolute Gasteiger partial charge is 0.261 e. The van der Waals surface area contributed by atoms with Crippen molar-refractivity contribution in [3.8, 4) is 0 Å². The molecule has 2 aliphatic heterocycles. The highest BCUT2D eigenvalue weighted by molar-refractivity contribution is 6.22. The normalized spacial score (nSPS) is 15.2. The van der Waals surface area contributed by atoms with Crippen LogP contribution in [0.15, 0.2) is 61.2 Å². The highest BCUT2D eigenvalue weighted by Crippen LogP contribution is 2.23. The lowest BCUT2D eigenvalue weighted by Crippen LogP contribution is -2.42. The standard InChI is InChI=1S/C23H21N3O4/c1-2-11-24(12-14-25-20(27)16-7-3-4-8-17(16)21(25)28)13-15-26-22(29)18-9-5-6-10-19(18)23(26)30/h2-10H,1,11-15H2. The van der Waals surface area contributed by atoms with Crippen molar-refractivity contribution in [2.45, 2.75) is 0 Å². The summed E-state index contributed by atoms with van der Waals surface area (Å²) in [5.41, 5.74) is 1.68. The van der Waals surface area contributed by atoms with Gasteiger partial charge < -0.3 is 0 Å². The van der Waals surface area contributed by atoms with Gasteiger partial charge in [-0.1, -0.05) is 30.3 Å². The van der Waals surface area contributed by atoms with Crippen LogP contribution in [0.1, 0.15) is 41.4 Å². The lowest BCUT2D eigenvalue weighted by molar-refractivity contribution is 0.0626. The number of carbonyl (C=O) groups is 4. The first-order chi connectivity index (χ1) is 14.5. The fraction of sp³-hybridized carbons (Fsp3) is 0.217. The Morgan fingerprint density at radius 1 is 0.667 bits per heavy atom. The minimum Gasteiger partial charge on any atom is -0.296 e. The van der Waals surface area contributed by atoms with Crippen molar-refractivity contribution in [1.29, 1.82) is 0 Å². The van der Waals surface area contributed by atoms with E-state index in [1.807, 2.05) is 4.90 Å². The van der Waals surface area contributed by atoms with E-state index in [2.05, 4.69) is 6.58 Å². The van der Waals surface area contributed by atoms with E-state index in [1.165, 1.54) is 9.80 Å². The van der Waals surface area contributed by atoms with E-state index in [1.54, 1.807) is 54.6 Å². The Morgan fingerprint density at radius 2 is 1.00 bits per heavy atom. The van der Waals surface area contributed by atoms with Gasteiger partial charge in [0.2, 0.25) is 0 Å². The molecule has 0 spiro atoms. The van der Waals surface area contributed by atoms with Gasteiger partial charge in [-0.2, -0.15) is 0 Å². The third-order valence-corrected chi connectivity index (χ3v) is 5.42. The van der Waals surface area contributed by atoms with Crippen LogP contribution >= 0.6 is 0 Å². The van der Waals surface area contributed by atoms with E-state index in [0.29, 0.717) is 41.9 Å². The van der Waals surface area contributed by atoms with E-state index in [-0.39, 0.29) is 36.7 Å². The maximum Gasteiger partial charge on any atom is 0.261 e. The molecule has 7 heteroatoms. The number of hydrogen-bond donors (Lipinski definition) is 0. The molecule has 0 bridgehead atoms. The molecule has 0 unspecified atom stereocenters. The molecule has 0 fully saturated rings. The van der Waals surface area contributed by atoms with E-state index in [9.17, 15) is 19.2 Å². The lowest BCUT2D eigenvalue weighted by atomic mass is 10.1. The van der Waals surface area contributed by atoms with Crippen molar-refractivity contribution in [3.63, 3.8) is 0 Å². The summed E-state index contributed by atoms with van der Waals surface area (Å²) < 4.78 is 0. The maximum absolute atomic E-state index is 12.5. The highest BCUT2D eigenvalue weighted by Gasteiger charge is 2.36. The lowest BCUT2D eigenvalue weighted by Gasteiger charge is -2.25. The Labute approximate surface area is 174 Å². The zero-order valence-corrected chi connectivity index (χ0v) is 16.4. The first-order valence-corrected chi connectivity index (χ1v) is 9.76. The minimum atomic E-state index is -0.297. The predicted molar refractivity (Wildman–Crippen MR) is 110 cm³/mol. The van der Waals surface area contributed by atoms with Gasteiger partial charge >= 0.3 is 0 Å². The molecule has 0 aromatic heterocycles. The Kier molecular flexibility index (Phi) is 5.29. The number of amides is 4. The van der Waals surface area contributed by atoms with Crippen LogP contribution in [0, 0.1) is 0 Å². The Hall–Kier alpha value is -3.58. The Balaban J connectivity index is 1.38. The number of carbonyl (C=O) groups excluding carboxylic acids is 4. The summed E-state index contributed by atoms with van der Waals surface area (Å²) in [6.07, 6.45) is 1.71. The van der Waals surface area contributed by atoms with Gasteiger partial charge in [-0.15, -0.1) is 6.58 Å². The number of rotatable bonds is 8. The van der Waals surface area contributed by atoms with Crippen LogP contribution in [0.3, 0.4) is 0 Å². The molecule has 4 rings (SSSR count). The number of imide groups is 2. The summed E-state index contributed by atoms with van der Waals surface area (Å²) in [4.78, 5) is 54.5. The summed E-state index contributed by atoms with van der Waals surface area (Å²) in [7, 11) is 0. The van der Waals surface area contributed by atoms with Gasteiger partial charge in [0.15, 0.2) is 0 Å². The van der Waals surface area contributed by atoms with Gasteiger partial charge in [-0.05, 0) is 24.3 Å². The summed E-state index contributed by atoms with van der Waals surface area (Å²) in [6, 6.07) is 13.6. The molecule has 0 saturated carbocycles. The van der Waals surface area contributed by atoms with E-state index < -0.39 is 0 Å². The van der Waals surface area contributed by atoms with Gasteiger partial charge in [0, 0.05) is 32.7 Å². The molecule has 2 aromatic carbocycles. The van der Waals surface area contributed by atoms with E-state index in [4.69, 9.17) is 0 Å². The van der Waals surface area contributed by atoms with Crippen LogP contribution in [0.5, 0.6) is 0 Å². The topological polar surface area (TPSA) is 78.0 Å². The second-order valence-electron chi connectivity index (χ2n) is 7.20. The molecule has 0 radical (unpaired) electrons. The third-order valence-electron chi connectivity index (χ3n) is 5.42. The largest absolute Gasteiger partial charge is 0.296 e. The van der Waals surface area contributed by atoms with Crippen molar-refractivity contribution >= 4 is 23.6 Å². The molecule has 2 heterocycles. The number of hydrogen-bond acceptors (Lipinski definition) is 5. The molecule has 0 aliphatic carbocycles. The zero-order chi connectivity index (χ0) is 21.3. The van der Waals surface area contributed by atoms with Crippen LogP contribution in [-0.4, -0.2) is 71.1 Å². The molecule has 7 nitrogen and oxygen atoms in total. The molecule has 30 heavy (non-hydrogen) atoms. The van der Waals surface area contributed by atoms with Crippen molar-refractivity contribution in [2.75, 3.05) is 32.7 Å². The van der Waals surface area contributed by atoms with Gasteiger partial charge in [-0.25, -0.2) is 0 Å². The van der Waals surface area contributed by atoms with Crippen molar-refractivity contribution in [3.05, 3.63) is 83.4 Å². The van der Waals surface area contributed by atoms with Crippen molar-refractivity contribution in [1.82, 2.24) is 14.7 Å². The summed E-state index contributed by atoms with van der Waals surface area (Å²) in [5.74, 6) is -1.19. The molecule has 0 atom stereocenters. The number of nitrogens with zero attached hydrogens (tertiary/aromatic N) is 3. The fourth-order valence-electron chi connectivity index (χ4n) is 3.84. The molecule has 2 aliphatic rings. The minimum absolute atomic E-state index is 0.225. The van der Waals surface area contributed by atoms with Gasteiger partial charge in [0.05, 0.1) is 22.3 Å². The first-order valence-electron chi connectivity index (χ1n) is 9.76. The summed E-state index contributed by atoms with van der Waals surface area (Å²) >= 11 is 0.